The molecule has 4 rings (SSSR count). The molecular weight excluding hydrogens is 437 g/mol. The SMILES string of the molecule is O=C(OCc1csc(COc2ccc(F)cc2)n1)c1ccc(CN2C(=O)CNC2=O)cc1. The predicted molar refractivity (Wildman–Crippen MR) is 112 cm³/mol. The van der Waals surface area contributed by atoms with E-state index in [1.807, 2.05) is 0 Å². The Kier molecular flexibility index (Phi) is 6.41. The van der Waals surface area contributed by atoms with Gasteiger partial charge in [-0.05, 0) is 42.0 Å². The second kappa shape index (κ2) is 9.56. The molecule has 1 saturated heterocycles. The van der Waals surface area contributed by atoms with Crippen molar-refractivity contribution in [2.75, 3.05) is 6.54 Å². The van der Waals surface area contributed by atoms with Crippen molar-refractivity contribution in [2.45, 2.75) is 19.8 Å². The largest absolute Gasteiger partial charge is 0.486 e. The molecule has 32 heavy (non-hydrogen) atoms. The number of esters is 1. The Morgan fingerprint density at radius 3 is 2.53 bits per heavy atom. The summed E-state index contributed by atoms with van der Waals surface area (Å²) in [7, 11) is 0. The molecule has 0 radical (unpaired) electrons. The van der Waals surface area contributed by atoms with Gasteiger partial charge in [0.2, 0.25) is 5.91 Å². The number of hydrogen-bond acceptors (Lipinski definition) is 7. The molecule has 8 nitrogen and oxygen atoms in total. The highest BCUT2D eigenvalue weighted by molar-refractivity contribution is 7.09. The van der Waals surface area contributed by atoms with Crippen LogP contribution in [0.3, 0.4) is 0 Å². The van der Waals surface area contributed by atoms with E-state index in [2.05, 4.69) is 10.3 Å². The van der Waals surface area contributed by atoms with Gasteiger partial charge in [-0.3, -0.25) is 9.69 Å². The van der Waals surface area contributed by atoms with Crippen molar-refractivity contribution in [1.29, 1.82) is 0 Å². The van der Waals surface area contributed by atoms with Crippen molar-refractivity contribution in [3.8, 4) is 5.75 Å². The molecule has 2 heterocycles. The second-order valence-electron chi connectivity index (χ2n) is 6.89. The van der Waals surface area contributed by atoms with Crippen LogP contribution >= 0.6 is 11.3 Å². The summed E-state index contributed by atoms with van der Waals surface area (Å²) in [6.07, 6.45) is 0. The van der Waals surface area contributed by atoms with E-state index in [9.17, 15) is 18.8 Å². The summed E-state index contributed by atoms with van der Waals surface area (Å²) in [6, 6.07) is 11.8. The van der Waals surface area contributed by atoms with E-state index in [1.165, 1.54) is 35.6 Å². The van der Waals surface area contributed by atoms with E-state index in [4.69, 9.17) is 9.47 Å². The molecule has 2 aromatic carbocycles. The second-order valence-corrected chi connectivity index (χ2v) is 7.83. The summed E-state index contributed by atoms with van der Waals surface area (Å²) in [6.45, 7) is 0.376. The van der Waals surface area contributed by atoms with E-state index in [0.29, 0.717) is 22.0 Å². The summed E-state index contributed by atoms with van der Waals surface area (Å²) in [5.74, 6) is -0.597. The van der Waals surface area contributed by atoms with Crippen LogP contribution in [0.1, 0.15) is 26.6 Å². The molecular formula is C22H18FN3O5S. The number of imide groups is 1. The van der Waals surface area contributed by atoms with Crippen molar-refractivity contribution in [3.05, 3.63) is 81.6 Å². The number of thiazole rings is 1. The molecule has 1 aliphatic heterocycles. The molecule has 0 unspecified atom stereocenters. The summed E-state index contributed by atoms with van der Waals surface area (Å²) >= 11 is 1.37. The summed E-state index contributed by atoms with van der Waals surface area (Å²) in [5.41, 5.74) is 1.66. The van der Waals surface area contributed by atoms with Gasteiger partial charge in [-0.15, -0.1) is 11.3 Å². The fourth-order valence-corrected chi connectivity index (χ4v) is 3.61. The fourth-order valence-electron chi connectivity index (χ4n) is 2.92. The third kappa shape index (κ3) is 5.27. The number of hydrogen-bond donors (Lipinski definition) is 1. The van der Waals surface area contributed by atoms with Gasteiger partial charge in [0.15, 0.2) is 0 Å². The smallest absolute Gasteiger partial charge is 0.338 e. The van der Waals surface area contributed by atoms with Crippen LogP contribution < -0.4 is 10.1 Å². The van der Waals surface area contributed by atoms with Gasteiger partial charge in [0.25, 0.3) is 0 Å². The van der Waals surface area contributed by atoms with E-state index < -0.39 is 12.0 Å². The van der Waals surface area contributed by atoms with Gasteiger partial charge in [-0.25, -0.2) is 19.0 Å². The van der Waals surface area contributed by atoms with Crippen LogP contribution in [0.25, 0.3) is 0 Å². The van der Waals surface area contributed by atoms with Gasteiger partial charge in [0.05, 0.1) is 24.3 Å². The highest BCUT2D eigenvalue weighted by Crippen LogP contribution is 2.17. The zero-order valence-electron chi connectivity index (χ0n) is 16.7. The molecule has 1 N–H and O–H groups in total. The summed E-state index contributed by atoms with van der Waals surface area (Å²) in [4.78, 5) is 41.0. The number of urea groups is 1. The van der Waals surface area contributed by atoms with Crippen LogP contribution in [0.4, 0.5) is 9.18 Å². The molecule has 0 saturated carbocycles. The molecule has 0 atom stereocenters. The monoisotopic (exact) mass is 455 g/mol. The van der Waals surface area contributed by atoms with E-state index >= 15 is 0 Å². The quantitative estimate of drug-likeness (QED) is 0.414. The molecule has 0 spiro atoms. The summed E-state index contributed by atoms with van der Waals surface area (Å²) < 4.78 is 23.8. The first kappa shape index (κ1) is 21.4. The van der Waals surface area contributed by atoms with Crippen LogP contribution in [-0.2, 0) is 29.3 Å². The Hall–Kier alpha value is -3.79. The minimum atomic E-state index is -0.511. The van der Waals surface area contributed by atoms with Crippen molar-refractivity contribution < 1.29 is 28.2 Å². The molecule has 164 valence electrons. The maximum atomic E-state index is 12.9. The fraction of sp³-hybridized carbons (Fsp3) is 0.182. The van der Waals surface area contributed by atoms with E-state index in [0.717, 1.165) is 10.5 Å². The van der Waals surface area contributed by atoms with Gasteiger partial charge in [0, 0.05) is 5.38 Å². The summed E-state index contributed by atoms with van der Waals surface area (Å²) in [5, 5.41) is 4.93. The molecule has 1 aliphatic rings. The minimum Gasteiger partial charge on any atom is -0.486 e. The molecule has 10 heteroatoms. The number of carbonyl (C=O) groups excluding carboxylic acids is 3. The number of ether oxygens (including phenoxy) is 2. The first-order chi connectivity index (χ1) is 15.5. The molecule has 0 aliphatic carbocycles. The van der Waals surface area contributed by atoms with Crippen molar-refractivity contribution in [1.82, 2.24) is 15.2 Å². The lowest BCUT2D eigenvalue weighted by Crippen LogP contribution is -2.30. The van der Waals surface area contributed by atoms with E-state index in [1.54, 1.807) is 29.6 Å². The van der Waals surface area contributed by atoms with Gasteiger partial charge in [0.1, 0.15) is 29.8 Å². The number of carbonyl (C=O) groups is 3. The number of aromatic nitrogens is 1. The number of amides is 3. The van der Waals surface area contributed by atoms with Crippen LogP contribution in [-0.4, -0.2) is 34.3 Å². The predicted octanol–water partition coefficient (Wildman–Crippen LogP) is 3.27. The Morgan fingerprint density at radius 1 is 1.09 bits per heavy atom. The van der Waals surface area contributed by atoms with Crippen LogP contribution in [0, 0.1) is 5.82 Å². The highest BCUT2D eigenvalue weighted by Gasteiger charge is 2.28. The lowest BCUT2D eigenvalue weighted by molar-refractivity contribution is -0.125. The molecule has 1 fully saturated rings. The maximum Gasteiger partial charge on any atom is 0.338 e. The lowest BCUT2D eigenvalue weighted by atomic mass is 10.1. The first-order valence-electron chi connectivity index (χ1n) is 9.64. The third-order valence-corrected chi connectivity index (χ3v) is 5.46. The minimum absolute atomic E-state index is 0.0000606. The zero-order chi connectivity index (χ0) is 22.5. The van der Waals surface area contributed by atoms with Crippen molar-refractivity contribution in [3.63, 3.8) is 0 Å². The molecule has 0 bridgehead atoms. The van der Waals surface area contributed by atoms with Crippen LogP contribution in [0.2, 0.25) is 0 Å². The topological polar surface area (TPSA) is 97.8 Å². The number of nitrogens with one attached hydrogen (secondary N) is 1. The lowest BCUT2D eigenvalue weighted by Gasteiger charge is -2.12. The average Bonchev–Trinajstić information content (AvgIpc) is 3.39. The van der Waals surface area contributed by atoms with E-state index in [-0.39, 0.29) is 38.0 Å². The number of nitrogens with zero attached hydrogens (tertiary/aromatic N) is 2. The molecule has 1 aromatic heterocycles. The Balaban J connectivity index is 1.26. The van der Waals surface area contributed by atoms with Crippen molar-refractivity contribution >= 4 is 29.2 Å². The Bertz CT molecular complexity index is 1120. The Morgan fingerprint density at radius 2 is 1.84 bits per heavy atom. The zero-order valence-corrected chi connectivity index (χ0v) is 17.6. The molecule has 3 aromatic rings. The Labute approximate surface area is 186 Å². The number of rotatable bonds is 8. The number of halogens is 1. The van der Waals surface area contributed by atoms with Gasteiger partial charge in [-0.1, -0.05) is 12.1 Å². The highest BCUT2D eigenvalue weighted by atomic mass is 32.1. The van der Waals surface area contributed by atoms with Crippen LogP contribution in [0.15, 0.2) is 53.9 Å². The molecule has 3 amide bonds. The normalized spacial score (nSPS) is 13.2. The first-order valence-corrected chi connectivity index (χ1v) is 10.5. The number of benzene rings is 2. The van der Waals surface area contributed by atoms with Crippen LogP contribution in [0.5, 0.6) is 5.75 Å². The van der Waals surface area contributed by atoms with Gasteiger partial charge < -0.3 is 14.8 Å². The van der Waals surface area contributed by atoms with Gasteiger partial charge >= 0.3 is 12.0 Å². The van der Waals surface area contributed by atoms with Gasteiger partial charge in [-0.2, -0.15) is 0 Å². The average molecular weight is 455 g/mol. The third-order valence-electron chi connectivity index (χ3n) is 4.59. The van der Waals surface area contributed by atoms with Crippen molar-refractivity contribution in [2.24, 2.45) is 0 Å². The standard InChI is InChI=1S/C22H18FN3O5S/c23-16-5-7-18(8-6-16)30-12-19-25-17(13-32-19)11-31-21(28)15-3-1-14(2-4-15)10-26-20(27)9-24-22(26)29/h1-8,13H,9-12H2,(H,24,29). The maximum absolute atomic E-state index is 12.9.